The van der Waals surface area contributed by atoms with Crippen molar-refractivity contribution in [3.05, 3.63) is 53.7 Å². The van der Waals surface area contributed by atoms with Crippen LogP contribution in [0, 0.1) is 5.82 Å². The number of rotatable bonds is 3. The lowest BCUT2D eigenvalue weighted by atomic mass is 9.89. The second-order valence-corrected chi connectivity index (χ2v) is 8.50. The number of hydrogen-bond acceptors (Lipinski definition) is 4. The van der Waals surface area contributed by atoms with Gasteiger partial charge in [-0.05, 0) is 43.9 Å². The third-order valence-corrected chi connectivity index (χ3v) is 6.76. The minimum atomic E-state index is -0.126. The van der Waals surface area contributed by atoms with Gasteiger partial charge < -0.3 is 9.47 Å². The standard InChI is InChI=1S/C22H25ClFN5/c23-22-14-18(15-25-26-22)28-12-10-27(11-13-28)16-4-6-17(7-5-16)29-9-8-19-20(24)2-1-3-21(19)29/h1-3,8-9,14-17H,4-7,10-13H2. The Hall–Kier alpha value is -2.18. The summed E-state index contributed by atoms with van der Waals surface area (Å²) >= 11 is 5.98. The summed E-state index contributed by atoms with van der Waals surface area (Å²) in [6, 6.07) is 10.3. The molecular formula is C22H25ClFN5. The first-order valence-electron chi connectivity index (χ1n) is 10.4. The Balaban J connectivity index is 1.19. The fourth-order valence-electron chi connectivity index (χ4n) is 5.02. The Bertz CT molecular complexity index is 990. The summed E-state index contributed by atoms with van der Waals surface area (Å²) in [4.78, 5) is 4.97. The molecule has 2 fully saturated rings. The molecule has 152 valence electrons. The summed E-state index contributed by atoms with van der Waals surface area (Å²) in [5, 5.41) is 8.97. The van der Waals surface area contributed by atoms with Crippen molar-refractivity contribution in [1.82, 2.24) is 19.7 Å². The molecule has 1 aliphatic carbocycles. The highest BCUT2D eigenvalue weighted by atomic mass is 35.5. The topological polar surface area (TPSA) is 37.2 Å². The molecule has 3 aromatic rings. The zero-order chi connectivity index (χ0) is 19.8. The fraction of sp³-hybridized carbons (Fsp3) is 0.455. The Labute approximate surface area is 175 Å². The largest absolute Gasteiger partial charge is 0.368 e. The zero-order valence-corrected chi connectivity index (χ0v) is 17.1. The highest BCUT2D eigenvalue weighted by Crippen LogP contribution is 2.34. The normalized spacial score (nSPS) is 23.6. The lowest BCUT2D eigenvalue weighted by Crippen LogP contribution is -2.51. The maximum Gasteiger partial charge on any atom is 0.153 e. The van der Waals surface area contributed by atoms with Crippen molar-refractivity contribution in [2.45, 2.75) is 37.8 Å². The van der Waals surface area contributed by atoms with Crippen LogP contribution in [0.2, 0.25) is 5.15 Å². The number of anilines is 1. The van der Waals surface area contributed by atoms with Gasteiger partial charge in [-0.1, -0.05) is 17.7 Å². The molecule has 5 nitrogen and oxygen atoms in total. The quantitative estimate of drug-likeness (QED) is 0.632. The van der Waals surface area contributed by atoms with Crippen molar-refractivity contribution >= 4 is 28.2 Å². The predicted octanol–water partition coefficient (Wildman–Crippen LogP) is 4.53. The van der Waals surface area contributed by atoms with Crippen molar-refractivity contribution in [1.29, 1.82) is 0 Å². The van der Waals surface area contributed by atoms with E-state index in [0.29, 0.717) is 17.2 Å². The van der Waals surface area contributed by atoms with Gasteiger partial charge in [0, 0.05) is 55.9 Å². The molecule has 1 aromatic carbocycles. The summed E-state index contributed by atoms with van der Waals surface area (Å²) in [5.41, 5.74) is 2.08. The van der Waals surface area contributed by atoms with Gasteiger partial charge in [0.1, 0.15) is 5.82 Å². The van der Waals surface area contributed by atoms with Gasteiger partial charge in [-0.2, -0.15) is 5.10 Å². The predicted molar refractivity (Wildman–Crippen MR) is 114 cm³/mol. The van der Waals surface area contributed by atoms with E-state index in [1.807, 2.05) is 24.3 Å². The number of aromatic nitrogens is 3. The van der Waals surface area contributed by atoms with Crippen LogP contribution in [0.1, 0.15) is 31.7 Å². The maximum atomic E-state index is 14.0. The van der Waals surface area contributed by atoms with Crippen LogP contribution in [-0.4, -0.2) is 51.9 Å². The number of halogens is 2. The smallest absolute Gasteiger partial charge is 0.153 e. The molecule has 7 heteroatoms. The molecule has 0 radical (unpaired) electrons. The number of piperazine rings is 1. The third kappa shape index (κ3) is 3.71. The first kappa shape index (κ1) is 18.8. The molecule has 3 heterocycles. The van der Waals surface area contributed by atoms with Gasteiger partial charge in [-0.15, -0.1) is 5.10 Å². The lowest BCUT2D eigenvalue weighted by Gasteiger charge is -2.42. The van der Waals surface area contributed by atoms with Crippen LogP contribution in [-0.2, 0) is 0 Å². The van der Waals surface area contributed by atoms with Crippen LogP contribution >= 0.6 is 11.6 Å². The van der Waals surface area contributed by atoms with E-state index in [2.05, 4.69) is 30.8 Å². The van der Waals surface area contributed by atoms with Crippen molar-refractivity contribution in [3.63, 3.8) is 0 Å². The molecule has 0 unspecified atom stereocenters. The molecule has 0 spiro atoms. The number of nitrogens with zero attached hydrogens (tertiary/aromatic N) is 5. The van der Waals surface area contributed by atoms with Crippen molar-refractivity contribution in [2.24, 2.45) is 0 Å². The summed E-state index contributed by atoms with van der Waals surface area (Å²) in [6.07, 6.45) is 8.54. The van der Waals surface area contributed by atoms with Gasteiger partial charge in [0.05, 0.1) is 17.4 Å². The molecular weight excluding hydrogens is 389 g/mol. The average molecular weight is 414 g/mol. The van der Waals surface area contributed by atoms with Crippen LogP contribution in [0.25, 0.3) is 10.9 Å². The molecule has 29 heavy (non-hydrogen) atoms. The van der Waals surface area contributed by atoms with E-state index in [1.165, 1.54) is 12.8 Å². The van der Waals surface area contributed by atoms with E-state index < -0.39 is 0 Å². The molecule has 1 aliphatic heterocycles. The van der Waals surface area contributed by atoms with Gasteiger partial charge in [0.15, 0.2) is 5.15 Å². The molecule has 0 amide bonds. The molecule has 5 rings (SSSR count). The van der Waals surface area contributed by atoms with Crippen LogP contribution < -0.4 is 4.90 Å². The maximum absolute atomic E-state index is 14.0. The van der Waals surface area contributed by atoms with Crippen molar-refractivity contribution < 1.29 is 4.39 Å². The van der Waals surface area contributed by atoms with E-state index in [4.69, 9.17) is 11.6 Å². The first-order chi connectivity index (χ1) is 14.2. The zero-order valence-electron chi connectivity index (χ0n) is 16.3. The number of fused-ring (bicyclic) bond motifs is 1. The molecule has 2 aromatic heterocycles. The molecule has 1 saturated heterocycles. The summed E-state index contributed by atoms with van der Waals surface area (Å²) < 4.78 is 16.3. The molecule has 2 aliphatic rings. The van der Waals surface area contributed by atoms with Gasteiger partial charge in [-0.25, -0.2) is 4.39 Å². The lowest BCUT2D eigenvalue weighted by molar-refractivity contribution is 0.131. The number of benzene rings is 1. The van der Waals surface area contributed by atoms with Gasteiger partial charge in [-0.3, -0.25) is 4.90 Å². The van der Waals surface area contributed by atoms with Crippen LogP contribution in [0.15, 0.2) is 42.7 Å². The summed E-state index contributed by atoms with van der Waals surface area (Å²) in [5.74, 6) is -0.126. The van der Waals surface area contributed by atoms with E-state index in [0.717, 1.165) is 55.6 Å². The van der Waals surface area contributed by atoms with E-state index in [9.17, 15) is 4.39 Å². The van der Waals surface area contributed by atoms with Crippen molar-refractivity contribution in [2.75, 3.05) is 31.1 Å². The Morgan fingerprint density at radius 1 is 0.966 bits per heavy atom. The highest BCUT2D eigenvalue weighted by Gasteiger charge is 2.29. The monoisotopic (exact) mass is 413 g/mol. The van der Waals surface area contributed by atoms with E-state index >= 15 is 0 Å². The SMILES string of the molecule is Fc1cccc2c1ccn2C1CCC(N2CCN(c3cnnc(Cl)c3)CC2)CC1. The molecule has 1 saturated carbocycles. The van der Waals surface area contributed by atoms with Crippen LogP contribution in [0.3, 0.4) is 0 Å². The molecule has 0 bridgehead atoms. The second-order valence-electron chi connectivity index (χ2n) is 8.12. The van der Waals surface area contributed by atoms with Crippen molar-refractivity contribution in [3.8, 4) is 0 Å². The Morgan fingerprint density at radius 3 is 2.48 bits per heavy atom. The van der Waals surface area contributed by atoms with E-state index in [1.54, 1.807) is 12.3 Å². The Morgan fingerprint density at radius 2 is 1.72 bits per heavy atom. The molecule has 0 N–H and O–H groups in total. The minimum Gasteiger partial charge on any atom is -0.368 e. The van der Waals surface area contributed by atoms with Crippen LogP contribution in [0.5, 0.6) is 0 Å². The minimum absolute atomic E-state index is 0.126. The first-order valence-corrected chi connectivity index (χ1v) is 10.8. The van der Waals surface area contributed by atoms with Crippen LogP contribution in [0.4, 0.5) is 10.1 Å². The summed E-state index contributed by atoms with van der Waals surface area (Å²) in [6.45, 7) is 4.10. The van der Waals surface area contributed by atoms with Gasteiger partial charge >= 0.3 is 0 Å². The second kappa shape index (κ2) is 7.92. The average Bonchev–Trinajstić information content (AvgIpc) is 3.20. The van der Waals surface area contributed by atoms with Gasteiger partial charge in [0.2, 0.25) is 0 Å². The van der Waals surface area contributed by atoms with Gasteiger partial charge in [0.25, 0.3) is 0 Å². The van der Waals surface area contributed by atoms with E-state index in [-0.39, 0.29) is 5.82 Å². The fourth-order valence-corrected chi connectivity index (χ4v) is 5.18. The Kier molecular flexibility index (Phi) is 5.14. The molecule has 0 atom stereocenters. The summed E-state index contributed by atoms with van der Waals surface area (Å²) in [7, 11) is 0. The number of hydrogen-bond donors (Lipinski definition) is 0. The highest BCUT2D eigenvalue weighted by molar-refractivity contribution is 6.29. The third-order valence-electron chi connectivity index (χ3n) is 6.58.